The topological polar surface area (TPSA) is 196 Å². The van der Waals surface area contributed by atoms with Crippen molar-refractivity contribution in [3.8, 4) is 5.75 Å². The lowest BCUT2D eigenvalue weighted by Gasteiger charge is -2.33. The van der Waals surface area contributed by atoms with Crippen LogP contribution in [0.25, 0.3) is 10.8 Å². The quantitative estimate of drug-likeness (QED) is 0.0976. The molecule has 0 saturated heterocycles. The van der Waals surface area contributed by atoms with Crippen LogP contribution in [0.3, 0.4) is 0 Å². The van der Waals surface area contributed by atoms with E-state index in [4.69, 9.17) is 19.7 Å². The number of aromatic hydroxyl groups is 1. The van der Waals surface area contributed by atoms with Gasteiger partial charge in [-0.05, 0) is 59.9 Å². The van der Waals surface area contributed by atoms with Crippen molar-refractivity contribution in [2.24, 2.45) is 17.8 Å². The van der Waals surface area contributed by atoms with Gasteiger partial charge in [0.1, 0.15) is 11.8 Å². The van der Waals surface area contributed by atoms with E-state index in [0.29, 0.717) is 11.3 Å². The van der Waals surface area contributed by atoms with Gasteiger partial charge in [-0.1, -0.05) is 42.5 Å². The van der Waals surface area contributed by atoms with E-state index in [-0.39, 0.29) is 96.0 Å². The number of fused-ring (bicyclic) bond motifs is 1. The van der Waals surface area contributed by atoms with Gasteiger partial charge in [-0.3, -0.25) is 19.2 Å². The van der Waals surface area contributed by atoms with Crippen LogP contribution < -0.4 is 21.3 Å². The summed E-state index contributed by atoms with van der Waals surface area (Å²) in [5, 5.41) is 40.9. The van der Waals surface area contributed by atoms with Crippen LogP contribution in [0.15, 0.2) is 66.7 Å². The molecule has 0 spiro atoms. The van der Waals surface area contributed by atoms with Crippen molar-refractivity contribution < 1.29 is 44.0 Å². The zero-order valence-electron chi connectivity index (χ0n) is 27.4. The van der Waals surface area contributed by atoms with Gasteiger partial charge in [0.05, 0.1) is 39.6 Å². The van der Waals surface area contributed by atoms with Crippen LogP contribution in [0.4, 0.5) is 5.69 Å². The molecule has 4 atom stereocenters. The zero-order chi connectivity index (χ0) is 35.0. The highest BCUT2D eigenvalue weighted by Gasteiger charge is 2.40. The smallest absolute Gasteiger partial charge is 0.247 e. The lowest BCUT2D eigenvalue weighted by Crippen LogP contribution is -2.50. The van der Waals surface area contributed by atoms with E-state index >= 15 is 0 Å². The van der Waals surface area contributed by atoms with E-state index < -0.39 is 35.6 Å². The molecule has 49 heavy (non-hydrogen) atoms. The molecule has 0 bridgehead atoms. The van der Waals surface area contributed by atoms with Gasteiger partial charge in [-0.15, -0.1) is 0 Å². The molecule has 1 saturated carbocycles. The Morgan fingerprint density at radius 1 is 0.694 bits per heavy atom. The highest BCUT2D eigenvalue weighted by Crippen LogP contribution is 2.34. The molecule has 0 aromatic heterocycles. The SMILES string of the molecule is O=C(NCCOCCO)[C@@H]1C[C@H](C(=O)NCCOCCO)C[C@H](C(=O)N[C@@H](Cc2ccc(O)cc2)C(=O)Nc2ccc3ccccc3c2)C1. The maximum atomic E-state index is 13.9. The first-order chi connectivity index (χ1) is 23.8. The Kier molecular flexibility index (Phi) is 14.8. The van der Waals surface area contributed by atoms with E-state index in [1.54, 1.807) is 18.2 Å². The standard InChI is InChI=1S/C36H46N4O9/c41-13-17-48-15-11-37-33(44)27-20-28(34(45)38-12-16-49-18-14-42)22-29(21-27)35(46)40-32(19-24-5-9-31(43)10-6-24)36(47)39-30-8-7-25-3-1-2-4-26(25)23-30/h1-10,23,27-29,32,41-43H,11-22H2,(H,37,44)(H,38,45)(H,39,47)(H,40,46)/t27-,28+,29-,32-/m0/s1. The Labute approximate surface area is 285 Å². The molecule has 0 aliphatic heterocycles. The first-order valence-electron chi connectivity index (χ1n) is 16.6. The van der Waals surface area contributed by atoms with Crippen LogP contribution >= 0.6 is 0 Å². The van der Waals surface area contributed by atoms with Gasteiger partial charge in [0.25, 0.3) is 0 Å². The van der Waals surface area contributed by atoms with Crippen LogP contribution in [-0.4, -0.2) is 97.7 Å². The predicted molar refractivity (Wildman–Crippen MR) is 182 cm³/mol. The maximum Gasteiger partial charge on any atom is 0.247 e. The van der Waals surface area contributed by atoms with Gasteiger partial charge >= 0.3 is 0 Å². The summed E-state index contributed by atoms with van der Waals surface area (Å²) in [4.78, 5) is 54.0. The molecule has 1 aliphatic carbocycles. The maximum absolute atomic E-state index is 13.9. The molecular weight excluding hydrogens is 632 g/mol. The second-order valence-corrected chi connectivity index (χ2v) is 12.0. The molecule has 0 radical (unpaired) electrons. The summed E-state index contributed by atoms with van der Waals surface area (Å²) in [5.74, 6) is -3.50. The third-order valence-electron chi connectivity index (χ3n) is 8.41. The van der Waals surface area contributed by atoms with Gasteiger partial charge in [0.2, 0.25) is 23.6 Å². The zero-order valence-corrected chi connectivity index (χ0v) is 27.4. The number of nitrogens with one attached hydrogen (secondary N) is 4. The van der Waals surface area contributed by atoms with Crippen molar-refractivity contribution in [3.63, 3.8) is 0 Å². The van der Waals surface area contributed by atoms with Crippen molar-refractivity contribution in [2.75, 3.05) is 58.0 Å². The summed E-state index contributed by atoms with van der Waals surface area (Å²) in [6.45, 7) is 0.825. The van der Waals surface area contributed by atoms with Crippen molar-refractivity contribution in [1.82, 2.24) is 16.0 Å². The van der Waals surface area contributed by atoms with E-state index in [9.17, 15) is 24.3 Å². The largest absolute Gasteiger partial charge is 0.508 e. The molecule has 13 heteroatoms. The summed E-state index contributed by atoms with van der Waals surface area (Å²) in [7, 11) is 0. The molecule has 264 valence electrons. The molecule has 7 N–H and O–H groups in total. The minimum absolute atomic E-state index is 0.0701. The lowest BCUT2D eigenvalue weighted by molar-refractivity contribution is -0.136. The molecule has 4 rings (SSSR count). The molecule has 1 aliphatic rings. The molecule has 4 amide bonds. The van der Waals surface area contributed by atoms with Crippen molar-refractivity contribution in [3.05, 3.63) is 72.3 Å². The molecule has 3 aromatic rings. The Bertz CT molecular complexity index is 1500. The van der Waals surface area contributed by atoms with Crippen LogP contribution in [0, 0.1) is 17.8 Å². The van der Waals surface area contributed by atoms with Crippen LogP contribution in [0.5, 0.6) is 5.75 Å². The molecule has 1 fully saturated rings. The number of amides is 4. The Hall–Kier alpha value is -4.56. The van der Waals surface area contributed by atoms with E-state index in [1.807, 2.05) is 36.4 Å². The Morgan fingerprint density at radius 3 is 1.82 bits per heavy atom. The fraction of sp³-hybridized carbons (Fsp3) is 0.444. The van der Waals surface area contributed by atoms with Crippen LogP contribution in [0.2, 0.25) is 0 Å². The van der Waals surface area contributed by atoms with Crippen molar-refractivity contribution in [1.29, 1.82) is 0 Å². The first kappa shape index (κ1) is 37.3. The lowest BCUT2D eigenvalue weighted by atomic mass is 9.74. The number of hydrogen-bond donors (Lipinski definition) is 7. The van der Waals surface area contributed by atoms with Crippen LogP contribution in [-0.2, 0) is 35.1 Å². The van der Waals surface area contributed by atoms with E-state index in [1.165, 1.54) is 12.1 Å². The number of carbonyl (C=O) groups excluding carboxylic acids is 4. The number of rotatable bonds is 18. The second-order valence-electron chi connectivity index (χ2n) is 12.0. The van der Waals surface area contributed by atoms with Crippen LogP contribution in [0.1, 0.15) is 24.8 Å². The van der Waals surface area contributed by atoms with Gasteiger partial charge in [-0.2, -0.15) is 0 Å². The average Bonchev–Trinajstić information content (AvgIpc) is 3.11. The van der Waals surface area contributed by atoms with E-state index in [0.717, 1.165) is 10.8 Å². The monoisotopic (exact) mass is 678 g/mol. The number of anilines is 1. The van der Waals surface area contributed by atoms with E-state index in [2.05, 4.69) is 21.3 Å². The van der Waals surface area contributed by atoms with Gasteiger partial charge in [-0.25, -0.2) is 0 Å². The number of aliphatic hydroxyl groups is 2. The molecule has 3 aromatic carbocycles. The first-order valence-corrected chi connectivity index (χ1v) is 16.6. The van der Waals surface area contributed by atoms with Gasteiger partial charge < -0.3 is 46.1 Å². The van der Waals surface area contributed by atoms with Crippen molar-refractivity contribution >= 4 is 40.1 Å². The Balaban J connectivity index is 1.49. The highest BCUT2D eigenvalue weighted by atomic mass is 16.5. The number of aliphatic hydroxyl groups excluding tert-OH is 2. The molecule has 13 nitrogen and oxygen atoms in total. The van der Waals surface area contributed by atoms with Gasteiger partial charge in [0.15, 0.2) is 0 Å². The average molecular weight is 679 g/mol. The normalized spacial score (nSPS) is 18.0. The molecule has 0 heterocycles. The third-order valence-corrected chi connectivity index (χ3v) is 8.41. The number of ether oxygens (including phenoxy) is 2. The Morgan fingerprint density at radius 2 is 1.24 bits per heavy atom. The summed E-state index contributed by atoms with van der Waals surface area (Å²) in [5.41, 5.74) is 1.27. The summed E-state index contributed by atoms with van der Waals surface area (Å²) < 4.78 is 10.4. The predicted octanol–water partition coefficient (Wildman–Crippen LogP) is 1.49. The summed E-state index contributed by atoms with van der Waals surface area (Å²) >= 11 is 0. The summed E-state index contributed by atoms with van der Waals surface area (Å²) in [6, 6.07) is 18.6. The number of benzene rings is 3. The molecule has 0 unspecified atom stereocenters. The number of hydrogen-bond acceptors (Lipinski definition) is 9. The number of phenolic OH excluding ortho intramolecular Hbond substituents is 1. The number of phenols is 1. The minimum Gasteiger partial charge on any atom is -0.508 e. The fourth-order valence-corrected chi connectivity index (χ4v) is 5.94. The highest BCUT2D eigenvalue weighted by molar-refractivity contribution is 5.99. The minimum atomic E-state index is -1.00. The second kappa shape index (κ2) is 19.4. The number of carbonyl (C=O) groups is 4. The summed E-state index contributed by atoms with van der Waals surface area (Å²) in [6.07, 6.45) is 0.719. The van der Waals surface area contributed by atoms with Crippen molar-refractivity contribution in [2.45, 2.75) is 31.7 Å². The van der Waals surface area contributed by atoms with Gasteiger partial charge in [0, 0.05) is 43.0 Å². The molecular formula is C36H46N4O9. The fourth-order valence-electron chi connectivity index (χ4n) is 5.94. The third kappa shape index (κ3) is 11.8.